The van der Waals surface area contributed by atoms with E-state index in [9.17, 15) is 9.18 Å². The van der Waals surface area contributed by atoms with Crippen LogP contribution in [0.15, 0.2) is 42.9 Å². The molecule has 3 aromatic heterocycles. The summed E-state index contributed by atoms with van der Waals surface area (Å²) in [5.41, 5.74) is 1.72. The zero-order valence-corrected chi connectivity index (χ0v) is 10.7. The third kappa shape index (κ3) is 2.35. The molecule has 0 aliphatic heterocycles. The molecule has 3 rings (SSSR count). The van der Waals surface area contributed by atoms with E-state index in [1.54, 1.807) is 12.3 Å². The molecule has 1 N–H and O–H groups in total. The Hall–Kier alpha value is -2.76. The van der Waals surface area contributed by atoms with Gasteiger partial charge >= 0.3 is 0 Å². The van der Waals surface area contributed by atoms with Crippen molar-refractivity contribution in [2.45, 2.75) is 6.92 Å². The van der Waals surface area contributed by atoms with E-state index in [2.05, 4.69) is 15.3 Å². The van der Waals surface area contributed by atoms with Crippen molar-refractivity contribution in [3.63, 3.8) is 0 Å². The van der Waals surface area contributed by atoms with E-state index in [-0.39, 0.29) is 17.4 Å². The number of nitrogens with zero attached hydrogens (tertiary/aromatic N) is 3. The molecule has 6 heteroatoms. The minimum Gasteiger partial charge on any atom is -0.305 e. The van der Waals surface area contributed by atoms with Crippen molar-refractivity contribution in [1.29, 1.82) is 0 Å². The molecule has 0 unspecified atom stereocenters. The number of fused-ring (bicyclic) bond motifs is 1. The van der Waals surface area contributed by atoms with Gasteiger partial charge in [-0.25, -0.2) is 14.4 Å². The second-order valence-electron chi connectivity index (χ2n) is 4.41. The molecule has 5 nitrogen and oxygen atoms in total. The molecule has 0 aliphatic rings. The predicted molar refractivity (Wildman–Crippen MR) is 72.1 cm³/mol. The number of anilines is 1. The van der Waals surface area contributed by atoms with E-state index in [1.807, 2.05) is 13.0 Å². The fourth-order valence-corrected chi connectivity index (χ4v) is 1.80. The Kier molecular flexibility index (Phi) is 2.90. The monoisotopic (exact) mass is 270 g/mol. The molecule has 0 bridgehead atoms. The summed E-state index contributed by atoms with van der Waals surface area (Å²) in [5, 5.41) is 2.64. The second-order valence-corrected chi connectivity index (χ2v) is 4.41. The van der Waals surface area contributed by atoms with E-state index in [1.165, 1.54) is 28.9 Å². The van der Waals surface area contributed by atoms with Crippen LogP contribution in [0.5, 0.6) is 0 Å². The van der Waals surface area contributed by atoms with Gasteiger partial charge in [-0.3, -0.25) is 4.79 Å². The number of amides is 1. The molecule has 0 atom stereocenters. The number of aryl methyl sites for hydroxylation is 1. The van der Waals surface area contributed by atoms with Crippen LogP contribution in [0.4, 0.5) is 10.2 Å². The lowest BCUT2D eigenvalue weighted by Crippen LogP contribution is -2.13. The molecule has 3 heterocycles. The number of pyridine rings is 2. The minimum absolute atomic E-state index is 0.206. The third-order valence-electron chi connectivity index (χ3n) is 2.80. The largest absolute Gasteiger partial charge is 0.305 e. The fraction of sp³-hybridized carbons (Fsp3) is 0.0714. The Morgan fingerprint density at radius 1 is 1.25 bits per heavy atom. The van der Waals surface area contributed by atoms with Crippen molar-refractivity contribution < 1.29 is 9.18 Å². The standard InChI is InChI=1S/C14H11FN4O/c1-9-2-4-12(16-6-9)18-14(20)11-8-19-7-10(15)3-5-13(19)17-11/h2-8H,1H3,(H,16,18,20). The number of rotatable bonds is 2. The summed E-state index contributed by atoms with van der Waals surface area (Å²) in [6.45, 7) is 1.91. The molecule has 0 spiro atoms. The van der Waals surface area contributed by atoms with E-state index in [4.69, 9.17) is 0 Å². The molecular weight excluding hydrogens is 259 g/mol. The van der Waals surface area contributed by atoms with Gasteiger partial charge < -0.3 is 9.72 Å². The van der Waals surface area contributed by atoms with E-state index < -0.39 is 0 Å². The van der Waals surface area contributed by atoms with Crippen molar-refractivity contribution in [3.05, 3.63) is 59.9 Å². The number of imidazole rings is 1. The number of nitrogens with one attached hydrogen (secondary N) is 1. The van der Waals surface area contributed by atoms with Gasteiger partial charge in [0.15, 0.2) is 0 Å². The number of hydrogen-bond acceptors (Lipinski definition) is 3. The maximum Gasteiger partial charge on any atom is 0.277 e. The highest BCUT2D eigenvalue weighted by Crippen LogP contribution is 2.10. The lowest BCUT2D eigenvalue weighted by atomic mass is 10.3. The molecule has 0 aromatic carbocycles. The molecule has 0 fully saturated rings. The molecular formula is C14H11FN4O. The Bertz CT molecular complexity index is 779. The molecule has 1 amide bonds. The maximum atomic E-state index is 13.1. The normalized spacial score (nSPS) is 10.7. The molecule has 0 aliphatic carbocycles. The molecule has 100 valence electrons. The summed E-state index contributed by atoms with van der Waals surface area (Å²) < 4.78 is 14.5. The molecule has 3 aromatic rings. The summed E-state index contributed by atoms with van der Waals surface area (Å²) >= 11 is 0. The van der Waals surface area contributed by atoms with Crippen molar-refractivity contribution >= 4 is 17.4 Å². The molecule has 20 heavy (non-hydrogen) atoms. The highest BCUT2D eigenvalue weighted by Gasteiger charge is 2.11. The number of carbonyl (C=O) groups is 1. The van der Waals surface area contributed by atoms with Gasteiger partial charge in [-0.05, 0) is 30.7 Å². The summed E-state index contributed by atoms with van der Waals surface area (Å²) in [6.07, 6.45) is 4.40. The molecule has 0 radical (unpaired) electrons. The third-order valence-corrected chi connectivity index (χ3v) is 2.80. The maximum absolute atomic E-state index is 13.1. The van der Waals surface area contributed by atoms with Crippen LogP contribution in [-0.2, 0) is 0 Å². The lowest BCUT2D eigenvalue weighted by molar-refractivity contribution is 0.102. The summed E-state index contributed by atoms with van der Waals surface area (Å²) in [6, 6.07) is 6.37. The minimum atomic E-state index is -0.387. The van der Waals surface area contributed by atoms with Gasteiger partial charge in [0.1, 0.15) is 23.0 Å². The van der Waals surface area contributed by atoms with Gasteiger partial charge in [-0.15, -0.1) is 0 Å². The fourth-order valence-electron chi connectivity index (χ4n) is 1.80. The summed E-state index contributed by atoms with van der Waals surface area (Å²) in [5.74, 6) is -0.323. The number of halogens is 1. The first-order chi connectivity index (χ1) is 9.61. The number of aromatic nitrogens is 3. The van der Waals surface area contributed by atoms with Gasteiger partial charge in [0, 0.05) is 18.6 Å². The van der Waals surface area contributed by atoms with Crippen LogP contribution >= 0.6 is 0 Å². The van der Waals surface area contributed by atoms with Crippen LogP contribution in [-0.4, -0.2) is 20.3 Å². The van der Waals surface area contributed by atoms with Gasteiger partial charge in [0.25, 0.3) is 5.91 Å². The van der Waals surface area contributed by atoms with Crippen molar-refractivity contribution in [2.24, 2.45) is 0 Å². The summed E-state index contributed by atoms with van der Waals surface area (Å²) in [4.78, 5) is 20.2. The first kappa shape index (κ1) is 12.3. The van der Waals surface area contributed by atoms with Crippen LogP contribution in [0.25, 0.3) is 5.65 Å². The lowest BCUT2D eigenvalue weighted by Gasteiger charge is -2.01. The Labute approximate surface area is 114 Å². The Morgan fingerprint density at radius 3 is 2.85 bits per heavy atom. The first-order valence-corrected chi connectivity index (χ1v) is 6.00. The van der Waals surface area contributed by atoms with Crippen LogP contribution in [0.3, 0.4) is 0 Å². The zero-order chi connectivity index (χ0) is 14.1. The van der Waals surface area contributed by atoms with Crippen LogP contribution in [0, 0.1) is 12.7 Å². The van der Waals surface area contributed by atoms with Crippen LogP contribution < -0.4 is 5.32 Å². The molecule has 0 saturated heterocycles. The smallest absolute Gasteiger partial charge is 0.277 e. The van der Waals surface area contributed by atoms with E-state index in [0.29, 0.717) is 11.5 Å². The van der Waals surface area contributed by atoms with Gasteiger partial charge in [0.2, 0.25) is 0 Å². The van der Waals surface area contributed by atoms with Gasteiger partial charge in [-0.2, -0.15) is 0 Å². The second kappa shape index (κ2) is 4.73. The van der Waals surface area contributed by atoms with Crippen molar-refractivity contribution in [3.8, 4) is 0 Å². The highest BCUT2D eigenvalue weighted by molar-refractivity contribution is 6.02. The zero-order valence-electron chi connectivity index (χ0n) is 10.7. The quantitative estimate of drug-likeness (QED) is 0.778. The van der Waals surface area contributed by atoms with Gasteiger partial charge in [-0.1, -0.05) is 6.07 Å². The Balaban J connectivity index is 1.86. The first-order valence-electron chi connectivity index (χ1n) is 6.00. The van der Waals surface area contributed by atoms with Crippen molar-refractivity contribution in [2.75, 3.05) is 5.32 Å². The topological polar surface area (TPSA) is 59.3 Å². The molecule has 0 saturated carbocycles. The van der Waals surface area contributed by atoms with E-state index >= 15 is 0 Å². The van der Waals surface area contributed by atoms with Gasteiger partial charge in [0.05, 0.1) is 0 Å². The number of hydrogen-bond donors (Lipinski definition) is 1. The average molecular weight is 270 g/mol. The van der Waals surface area contributed by atoms with E-state index in [0.717, 1.165) is 5.56 Å². The Morgan fingerprint density at radius 2 is 2.10 bits per heavy atom. The SMILES string of the molecule is Cc1ccc(NC(=O)c2cn3cc(F)ccc3n2)nc1. The van der Waals surface area contributed by atoms with Crippen LogP contribution in [0.2, 0.25) is 0 Å². The number of carbonyl (C=O) groups excluding carboxylic acids is 1. The predicted octanol–water partition coefficient (Wildman–Crippen LogP) is 2.43. The summed E-state index contributed by atoms with van der Waals surface area (Å²) in [7, 11) is 0. The highest BCUT2D eigenvalue weighted by atomic mass is 19.1. The van der Waals surface area contributed by atoms with Crippen LogP contribution in [0.1, 0.15) is 16.1 Å². The average Bonchev–Trinajstić information content (AvgIpc) is 2.84. The van der Waals surface area contributed by atoms with Crippen molar-refractivity contribution in [1.82, 2.24) is 14.4 Å².